The molecule has 0 spiro atoms. The van der Waals surface area contributed by atoms with Crippen molar-refractivity contribution < 1.29 is 9.90 Å². The number of β-amino-alcohol motifs (C(OH)–C–C–N with tert-alkyl or cyclic N) is 1. The molecule has 21 heavy (non-hydrogen) atoms. The van der Waals surface area contributed by atoms with E-state index in [1.54, 1.807) is 11.3 Å². The van der Waals surface area contributed by atoms with Gasteiger partial charge in [0.25, 0.3) is 0 Å². The SMILES string of the molecule is Cc1ccc(CC(=O)N2CCC(O)(CN3CCCC3)C2)s1. The van der Waals surface area contributed by atoms with Crippen molar-refractivity contribution in [2.75, 3.05) is 32.7 Å². The van der Waals surface area contributed by atoms with Crippen LogP contribution >= 0.6 is 11.3 Å². The van der Waals surface area contributed by atoms with Gasteiger partial charge in [0, 0.05) is 22.8 Å². The molecule has 5 heteroatoms. The second kappa shape index (κ2) is 6.07. The monoisotopic (exact) mass is 308 g/mol. The summed E-state index contributed by atoms with van der Waals surface area (Å²) in [6.07, 6.45) is 3.64. The Bertz CT molecular complexity index is 510. The number of thiophene rings is 1. The molecule has 0 aliphatic carbocycles. The molecule has 0 bridgehead atoms. The van der Waals surface area contributed by atoms with Crippen LogP contribution in [0.1, 0.15) is 29.0 Å². The van der Waals surface area contributed by atoms with E-state index < -0.39 is 5.60 Å². The first-order chi connectivity index (χ1) is 10.0. The van der Waals surface area contributed by atoms with Crippen LogP contribution in [0.25, 0.3) is 0 Å². The molecule has 2 fully saturated rings. The third kappa shape index (κ3) is 3.65. The molecule has 2 saturated heterocycles. The van der Waals surface area contributed by atoms with E-state index in [1.165, 1.54) is 17.7 Å². The molecule has 1 aromatic rings. The predicted molar refractivity (Wildman–Crippen MR) is 84.6 cm³/mol. The third-order valence-electron chi connectivity index (χ3n) is 4.52. The zero-order valence-electron chi connectivity index (χ0n) is 12.7. The van der Waals surface area contributed by atoms with E-state index in [9.17, 15) is 9.90 Å². The van der Waals surface area contributed by atoms with Crippen molar-refractivity contribution in [3.8, 4) is 0 Å². The first-order valence-electron chi connectivity index (χ1n) is 7.82. The van der Waals surface area contributed by atoms with Crippen LogP contribution in [-0.4, -0.2) is 59.1 Å². The van der Waals surface area contributed by atoms with Crippen molar-refractivity contribution >= 4 is 17.2 Å². The molecule has 1 atom stereocenters. The molecule has 1 unspecified atom stereocenters. The molecule has 1 aromatic heterocycles. The van der Waals surface area contributed by atoms with E-state index in [0.717, 1.165) is 24.5 Å². The fraction of sp³-hybridized carbons (Fsp3) is 0.688. The molecule has 4 nitrogen and oxygen atoms in total. The molecule has 1 amide bonds. The van der Waals surface area contributed by atoms with E-state index >= 15 is 0 Å². The number of likely N-dealkylation sites (tertiary alicyclic amines) is 2. The van der Waals surface area contributed by atoms with Gasteiger partial charge in [0.2, 0.25) is 5.91 Å². The lowest BCUT2D eigenvalue weighted by molar-refractivity contribution is -0.130. The Labute approximate surface area is 130 Å². The van der Waals surface area contributed by atoms with Crippen molar-refractivity contribution in [2.45, 2.75) is 38.2 Å². The number of hydrogen-bond acceptors (Lipinski definition) is 4. The minimum absolute atomic E-state index is 0.147. The Hall–Kier alpha value is -0.910. The van der Waals surface area contributed by atoms with Crippen molar-refractivity contribution in [3.05, 3.63) is 21.9 Å². The molecular weight excluding hydrogens is 284 g/mol. The Kier molecular flexibility index (Phi) is 4.33. The molecular formula is C16H24N2O2S. The summed E-state index contributed by atoms with van der Waals surface area (Å²) >= 11 is 1.68. The molecule has 2 aliphatic rings. The molecule has 0 radical (unpaired) electrons. The summed E-state index contributed by atoms with van der Waals surface area (Å²) in [7, 11) is 0. The number of rotatable bonds is 4. The molecule has 0 aromatic carbocycles. The maximum atomic E-state index is 12.4. The summed E-state index contributed by atoms with van der Waals surface area (Å²) in [5, 5.41) is 10.7. The van der Waals surface area contributed by atoms with Gasteiger partial charge >= 0.3 is 0 Å². The van der Waals surface area contributed by atoms with E-state index in [2.05, 4.69) is 17.9 Å². The van der Waals surface area contributed by atoms with Crippen LogP contribution in [0.15, 0.2) is 12.1 Å². The number of aliphatic hydroxyl groups is 1. The molecule has 1 N–H and O–H groups in total. The largest absolute Gasteiger partial charge is 0.387 e. The van der Waals surface area contributed by atoms with Crippen LogP contribution in [0.4, 0.5) is 0 Å². The highest BCUT2D eigenvalue weighted by Crippen LogP contribution is 2.25. The summed E-state index contributed by atoms with van der Waals surface area (Å²) in [6, 6.07) is 4.09. The molecule has 3 rings (SSSR count). The lowest BCUT2D eigenvalue weighted by Crippen LogP contribution is -2.45. The van der Waals surface area contributed by atoms with E-state index in [1.807, 2.05) is 11.0 Å². The van der Waals surface area contributed by atoms with Gasteiger partial charge in [-0.25, -0.2) is 0 Å². The van der Waals surface area contributed by atoms with Gasteiger partial charge in [-0.1, -0.05) is 0 Å². The summed E-state index contributed by atoms with van der Waals surface area (Å²) in [5.74, 6) is 0.147. The van der Waals surface area contributed by atoms with Crippen molar-refractivity contribution in [1.82, 2.24) is 9.80 Å². The average molecular weight is 308 g/mol. The van der Waals surface area contributed by atoms with Crippen LogP contribution in [0.2, 0.25) is 0 Å². The van der Waals surface area contributed by atoms with Gasteiger partial charge in [-0.05, 0) is 51.4 Å². The lowest BCUT2D eigenvalue weighted by Gasteiger charge is -2.28. The predicted octanol–water partition coefficient (Wildman–Crippen LogP) is 1.66. The fourth-order valence-corrected chi connectivity index (χ4v) is 4.28. The Morgan fingerprint density at radius 1 is 1.33 bits per heavy atom. The zero-order chi connectivity index (χ0) is 14.9. The van der Waals surface area contributed by atoms with Gasteiger partial charge in [-0.2, -0.15) is 0 Å². The topological polar surface area (TPSA) is 43.8 Å². The van der Waals surface area contributed by atoms with Gasteiger partial charge in [-0.3, -0.25) is 4.79 Å². The zero-order valence-corrected chi connectivity index (χ0v) is 13.5. The van der Waals surface area contributed by atoms with E-state index in [-0.39, 0.29) is 5.91 Å². The number of nitrogens with zero attached hydrogens (tertiary/aromatic N) is 2. The van der Waals surface area contributed by atoms with E-state index in [4.69, 9.17) is 0 Å². The first kappa shape index (κ1) is 15.0. The summed E-state index contributed by atoms with van der Waals surface area (Å²) < 4.78 is 0. The molecule has 2 aliphatic heterocycles. The molecule has 0 saturated carbocycles. The minimum Gasteiger partial charge on any atom is -0.387 e. The highest BCUT2D eigenvalue weighted by molar-refractivity contribution is 7.12. The quantitative estimate of drug-likeness (QED) is 0.920. The Morgan fingerprint density at radius 3 is 2.76 bits per heavy atom. The maximum absolute atomic E-state index is 12.4. The minimum atomic E-state index is -0.703. The summed E-state index contributed by atoms with van der Waals surface area (Å²) in [5.41, 5.74) is -0.703. The Balaban J connectivity index is 1.54. The smallest absolute Gasteiger partial charge is 0.227 e. The van der Waals surface area contributed by atoms with Gasteiger partial charge in [0.1, 0.15) is 0 Å². The number of aryl methyl sites for hydroxylation is 1. The van der Waals surface area contributed by atoms with Gasteiger partial charge in [0.05, 0.1) is 18.6 Å². The summed E-state index contributed by atoms with van der Waals surface area (Å²) in [4.78, 5) is 18.9. The van der Waals surface area contributed by atoms with Crippen molar-refractivity contribution in [2.24, 2.45) is 0 Å². The summed E-state index contributed by atoms with van der Waals surface area (Å²) in [6.45, 7) is 6.13. The van der Waals surface area contributed by atoms with Crippen LogP contribution in [0.3, 0.4) is 0 Å². The maximum Gasteiger partial charge on any atom is 0.227 e. The van der Waals surface area contributed by atoms with Crippen LogP contribution in [0.5, 0.6) is 0 Å². The molecule has 116 valence electrons. The lowest BCUT2D eigenvalue weighted by atomic mass is 10.0. The van der Waals surface area contributed by atoms with Crippen LogP contribution in [-0.2, 0) is 11.2 Å². The number of amides is 1. The normalized spacial score (nSPS) is 26.7. The highest BCUT2D eigenvalue weighted by atomic mass is 32.1. The van der Waals surface area contributed by atoms with Crippen LogP contribution in [0, 0.1) is 6.92 Å². The number of hydrogen-bond donors (Lipinski definition) is 1. The van der Waals surface area contributed by atoms with Gasteiger partial charge in [0.15, 0.2) is 0 Å². The first-order valence-corrected chi connectivity index (χ1v) is 8.64. The highest BCUT2D eigenvalue weighted by Gasteiger charge is 2.39. The number of carbonyl (C=O) groups excluding carboxylic acids is 1. The van der Waals surface area contributed by atoms with E-state index in [0.29, 0.717) is 25.9 Å². The average Bonchev–Trinajstić information content (AvgIpc) is 3.13. The van der Waals surface area contributed by atoms with Crippen LogP contribution < -0.4 is 0 Å². The van der Waals surface area contributed by atoms with Gasteiger partial charge < -0.3 is 14.9 Å². The van der Waals surface area contributed by atoms with Crippen molar-refractivity contribution in [1.29, 1.82) is 0 Å². The third-order valence-corrected chi connectivity index (χ3v) is 5.52. The second-order valence-electron chi connectivity index (χ2n) is 6.46. The van der Waals surface area contributed by atoms with Gasteiger partial charge in [-0.15, -0.1) is 11.3 Å². The molecule has 3 heterocycles. The number of carbonyl (C=O) groups is 1. The van der Waals surface area contributed by atoms with Crippen molar-refractivity contribution in [3.63, 3.8) is 0 Å². The standard InChI is InChI=1S/C16H24N2O2S/c1-13-4-5-14(21-13)10-15(19)18-9-6-16(20,12-18)11-17-7-2-3-8-17/h4-5,20H,2-3,6-12H2,1H3. The fourth-order valence-electron chi connectivity index (χ4n) is 3.40. The second-order valence-corrected chi connectivity index (χ2v) is 7.83. The Morgan fingerprint density at radius 2 is 2.10 bits per heavy atom.